The van der Waals surface area contributed by atoms with Crippen molar-refractivity contribution in [3.05, 3.63) is 0 Å². The lowest BCUT2D eigenvalue weighted by molar-refractivity contribution is -0.121. The number of hydrogen-bond donors (Lipinski definition) is 4. The first kappa shape index (κ1) is 26.0. The average molecular weight is 400 g/mol. The largest absolute Gasteiger partial charge is 0.444 e. The third kappa shape index (κ3) is 15.1. The Morgan fingerprint density at radius 2 is 1.75 bits per heavy atom. The van der Waals surface area contributed by atoms with Crippen molar-refractivity contribution in [3.63, 3.8) is 0 Å². The molecular weight excluding hydrogens is 358 g/mol. The lowest BCUT2D eigenvalue weighted by atomic mass is 10.1. The highest BCUT2D eigenvalue weighted by molar-refractivity contribution is 5.81. The molecule has 0 bridgehead atoms. The predicted molar refractivity (Wildman–Crippen MR) is 115 cm³/mol. The summed E-state index contributed by atoms with van der Waals surface area (Å²) in [5, 5.41) is 12.2. The molecule has 0 spiro atoms. The van der Waals surface area contributed by atoms with Gasteiger partial charge in [0.15, 0.2) is 5.96 Å². The smallest absolute Gasteiger partial charge is 0.407 e. The lowest BCUT2D eigenvalue weighted by Crippen LogP contribution is -2.49. The summed E-state index contributed by atoms with van der Waals surface area (Å²) in [5.74, 6) is 0.635. The van der Waals surface area contributed by atoms with Crippen molar-refractivity contribution in [2.75, 3.05) is 19.6 Å². The number of guanidine groups is 1. The van der Waals surface area contributed by atoms with E-state index in [1.807, 2.05) is 41.5 Å². The molecule has 0 aromatic carbocycles. The third-order valence-corrected chi connectivity index (χ3v) is 3.54. The maximum Gasteiger partial charge on any atom is 0.407 e. The zero-order chi connectivity index (χ0) is 21.6. The molecule has 0 aromatic rings. The first-order valence-corrected chi connectivity index (χ1v) is 10.4. The van der Waals surface area contributed by atoms with Gasteiger partial charge in [-0.1, -0.05) is 19.8 Å². The van der Waals surface area contributed by atoms with E-state index in [0.717, 1.165) is 19.3 Å². The number of aliphatic imine (C=N–C) groups is 1. The number of nitrogens with zero attached hydrogens (tertiary/aromatic N) is 1. The van der Waals surface area contributed by atoms with E-state index >= 15 is 0 Å². The Balaban J connectivity index is 4.74. The fourth-order valence-electron chi connectivity index (χ4n) is 2.37. The van der Waals surface area contributed by atoms with Crippen molar-refractivity contribution in [2.24, 2.45) is 4.99 Å². The van der Waals surface area contributed by atoms with E-state index in [0.29, 0.717) is 32.0 Å². The average Bonchev–Trinajstić information content (AvgIpc) is 2.55. The summed E-state index contributed by atoms with van der Waals surface area (Å²) in [5.41, 5.74) is -0.524. The first-order valence-electron chi connectivity index (χ1n) is 10.4. The third-order valence-electron chi connectivity index (χ3n) is 3.54. The molecule has 1 atom stereocenters. The fourth-order valence-corrected chi connectivity index (χ4v) is 2.37. The molecule has 0 fully saturated rings. The number of carbonyl (C=O) groups is 2. The van der Waals surface area contributed by atoms with E-state index in [1.165, 1.54) is 0 Å². The summed E-state index contributed by atoms with van der Waals surface area (Å²) in [6.07, 6.45) is 2.90. The second-order valence-electron chi connectivity index (χ2n) is 8.10. The monoisotopic (exact) mass is 399 g/mol. The quantitative estimate of drug-likeness (QED) is 0.316. The molecule has 8 nitrogen and oxygen atoms in total. The topological polar surface area (TPSA) is 104 Å². The molecule has 164 valence electrons. The highest BCUT2D eigenvalue weighted by Crippen LogP contribution is 2.07. The Morgan fingerprint density at radius 3 is 2.29 bits per heavy atom. The minimum atomic E-state index is -0.524. The molecule has 0 aliphatic rings. The zero-order valence-corrected chi connectivity index (χ0v) is 18.8. The van der Waals surface area contributed by atoms with Crippen LogP contribution in [0.5, 0.6) is 0 Å². The van der Waals surface area contributed by atoms with Crippen LogP contribution in [0.2, 0.25) is 0 Å². The van der Waals surface area contributed by atoms with E-state index < -0.39 is 11.7 Å². The first-order chi connectivity index (χ1) is 13.1. The number of nitrogens with one attached hydrogen (secondary N) is 4. The molecular formula is C20H41N5O3. The van der Waals surface area contributed by atoms with Gasteiger partial charge in [0.25, 0.3) is 0 Å². The molecule has 0 radical (unpaired) electrons. The van der Waals surface area contributed by atoms with Crippen molar-refractivity contribution >= 4 is 18.0 Å². The molecule has 0 rings (SSSR count). The number of ether oxygens (including phenoxy) is 1. The van der Waals surface area contributed by atoms with Gasteiger partial charge < -0.3 is 26.0 Å². The van der Waals surface area contributed by atoms with Gasteiger partial charge in [0.05, 0.1) is 6.54 Å². The van der Waals surface area contributed by atoms with Crippen LogP contribution in [-0.4, -0.2) is 55.3 Å². The van der Waals surface area contributed by atoms with Crippen LogP contribution in [-0.2, 0) is 9.53 Å². The zero-order valence-electron chi connectivity index (χ0n) is 18.8. The second kappa shape index (κ2) is 14.1. The summed E-state index contributed by atoms with van der Waals surface area (Å²) in [6.45, 7) is 15.0. The number of alkyl carbamates (subject to hydrolysis) is 1. The maximum absolute atomic E-state index is 11.9. The summed E-state index contributed by atoms with van der Waals surface area (Å²) < 4.78 is 5.30. The number of amides is 2. The molecule has 0 saturated carbocycles. The van der Waals surface area contributed by atoms with Crippen LogP contribution in [0.25, 0.3) is 0 Å². The van der Waals surface area contributed by atoms with Crippen LogP contribution in [0.1, 0.15) is 74.1 Å². The van der Waals surface area contributed by atoms with E-state index in [2.05, 4.69) is 33.2 Å². The highest BCUT2D eigenvalue weighted by atomic mass is 16.6. The van der Waals surface area contributed by atoms with Crippen molar-refractivity contribution in [1.82, 2.24) is 21.3 Å². The predicted octanol–water partition coefficient (Wildman–Crippen LogP) is 2.54. The highest BCUT2D eigenvalue weighted by Gasteiger charge is 2.18. The SMILES string of the molecule is CCCCC(CNC(=O)OC(C)(C)C)NC(=NCCC(=O)NC(C)C)NCC. The summed E-state index contributed by atoms with van der Waals surface area (Å²) in [7, 11) is 0. The van der Waals surface area contributed by atoms with Crippen LogP contribution in [0.15, 0.2) is 4.99 Å². The maximum atomic E-state index is 11.9. The number of hydrogen-bond acceptors (Lipinski definition) is 4. The molecule has 0 aliphatic carbocycles. The van der Waals surface area contributed by atoms with Crippen LogP contribution >= 0.6 is 0 Å². The van der Waals surface area contributed by atoms with Gasteiger partial charge in [0.2, 0.25) is 5.91 Å². The number of rotatable bonds is 11. The van der Waals surface area contributed by atoms with Gasteiger partial charge in [0.1, 0.15) is 5.60 Å². The van der Waals surface area contributed by atoms with Gasteiger partial charge in [-0.05, 0) is 48.0 Å². The normalized spacial score (nSPS) is 13.1. The second-order valence-corrected chi connectivity index (χ2v) is 8.10. The van der Waals surface area contributed by atoms with Crippen LogP contribution < -0.4 is 21.3 Å². The molecule has 2 amide bonds. The molecule has 0 aromatic heterocycles. The Morgan fingerprint density at radius 1 is 1.07 bits per heavy atom. The van der Waals surface area contributed by atoms with Gasteiger partial charge in [-0.25, -0.2) is 4.79 Å². The Hall–Kier alpha value is -1.99. The van der Waals surface area contributed by atoms with Gasteiger partial charge in [-0.15, -0.1) is 0 Å². The van der Waals surface area contributed by atoms with Crippen molar-refractivity contribution in [2.45, 2.75) is 91.8 Å². The van der Waals surface area contributed by atoms with Gasteiger partial charge in [-0.3, -0.25) is 9.79 Å². The van der Waals surface area contributed by atoms with Crippen molar-refractivity contribution < 1.29 is 14.3 Å². The number of carbonyl (C=O) groups excluding carboxylic acids is 2. The van der Waals surface area contributed by atoms with E-state index in [1.54, 1.807) is 0 Å². The minimum absolute atomic E-state index is 0.0104. The van der Waals surface area contributed by atoms with Crippen LogP contribution in [0.4, 0.5) is 4.79 Å². The molecule has 1 unspecified atom stereocenters. The van der Waals surface area contributed by atoms with E-state index in [-0.39, 0.29) is 18.0 Å². The van der Waals surface area contributed by atoms with Gasteiger partial charge >= 0.3 is 6.09 Å². The van der Waals surface area contributed by atoms with Gasteiger partial charge in [-0.2, -0.15) is 0 Å². The van der Waals surface area contributed by atoms with Crippen molar-refractivity contribution in [3.8, 4) is 0 Å². The van der Waals surface area contributed by atoms with E-state index in [4.69, 9.17) is 4.74 Å². The molecule has 0 heterocycles. The van der Waals surface area contributed by atoms with Crippen LogP contribution in [0.3, 0.4) is 0 Å². The molecule has 4 N–H and O–H groups in total. The Kier molecular flexibility index (Phi) is 13.1. The van der Waals surface area contributed by atoms with Crippen molar-refractivity contribution in [1.29, 1.82) is 0 Å². The fraction of sp³-hybridized carbons (Fsp3) is 0.850. The summed E-state index contributed by atoms with van der Waals surface area (Å²) in [4.78, 5) is 28.2. The molecule has 0 aliphatic heterocycles. The van der Waals surface area contributed by atoms with Crippen LogP contribution in [0, 0.1) is 0 Å². The standard InChI is InChI=1S/C20H41N5O3/c1-8-10-11-16(14-23-19(27)28-20(5,6)7)25-18(21-9-2)22-13-12-17(26)24-15(3)4/h15-16H,8-14H2,1-7H3,(H,23,27)(H,24,26)(H2,21,22,25). The molecule has 0 saturated heterocycles. The molecule has 8 heteroatoms. The molecule has 28 heavy (non-hydrogen) atoms. The van der Waals surface area contributed by atoms with Gasteiger partial charge in [0, 0.05) is 31.6 Å². The Labute approximate surface area is 170 Å². The Bertz CT molecular complexity index is 487. The van der Waals surface area contributed by atoms with E-state index in [9.17, 15) is 9.59 Å². The summed E-state index contributed by atoms with van der Waals surface area (Å²) in [6, 6.07) is 0.148. The lowest BCUT2D eigenvalue weighted by Gasteiger charge is -2.24. The summed E-state index contributed by atoms with van der Waals surface area (Å²) >= 11 is 0. The minimum Gasteiger partial charge on any atom is -0.444 e. The number of unbranched alkanes of at least 4 members (excludes halogenated alkanes) is 1.